The number of hydrogen-bond donors (Lipinski definition) is 0. The first-order chi connectivity index (χ1) is 15.6. The molecule has 4 rings (SSSR count). The van der Waals surface area contributed by atoms with Crippen molar-refractivity contribution in [1.82, 2.24) is 9.80 Å². The fourth-order valence-electron chi connectivity index (χ4n) is 3.89. The summed E-state index contributed by atoms with van der Waals surface area (Å²) in [6.45, 7) is -0.270. The van der Waals surface area contributed by atoms with Gasteiger partial charge in [-0.05, 0) is 28.3 Å². The molecule has 1 heterocycles. The smallest absolute Gasteiger partial charge is 0.413 e. The molecule has 32 heavy (non-hydrogen) atoms. The molecule has 1 aliphatic heterocycles. The maximum absolute atomic E-state index is 13.5. The van der Waals surface area contributed by atoms with Gasteiger partial charge in [0, 0.05) is 0 Å². The molecule has 2 amide bonds. The molecule has 0 spiro atoms. The number of halogens is 1. The molecule has 1 aliphatic rings. The molecule has 0 bridgehead atoms. The Kier molecular flexibility index (Phi) is 6.52. The highest BCUT2D eigenvalue weighted by molar-refractivity contribution is 6.64. The maximum atomic E-state index is 13.5. The third-order valence-electron chi connectivity index (χ3n) is 5.28. The summed E-state index contributed by atoms with van der Waals surface area (Å²) in [7, 11) is 0. The van der Waals surface area contributed by atoms with E-state index >= 15 is 0 Å². The summed E-state index contributed by atoms with van der Waals surface area (Å²) in [6.07, 6.45) is -1.49. The summed E-state index contributed by atoms with van der Waals surface area (Å²) in [5.74, 6) is -0.393. The normalized spacial score (nSPS) is 18.0. The van der Waals surface area contributed by atoms with Crippen LogP contribution < -0.4 is 0 Å². The lowest BCUT2D eigenvalue weighted by atomic mass is 10.1. The van der Waals surface area contributed by atoms with Gasteiger partial charge in [0.15, 0.2) is 0 Å². The zero-order valence-corrected chi connectivity index (χ0v) is 17.9. The SMILES string of the molecule is O=C(Cl)CN1C(=O)C(c2ccccc2)N(C(=O)OCc2ccccc2)C1c1ccccc1. The van der Waals surface area contributed by atoms with Crippen molar-refractivity contribution in [2.75, 3.05) is 6.54 Å². The Morgan fingerprint density at radius 3 is 1.91 bits per heavy atom. The van der Waals surface area contributed by atoms with E-state index in [-0.39, 0.29) is 13.2 Å². The maximum Gasteiger partial charge on any atom is 0.413 e. The molecule has 162 valence electrons. The van der Waals surface area contributed by atoms with Crippen molar-refractivity contribution in [2.24, 2.45) is 0 Å². The Morgan fingerprint density at radius 1 is 0.812 bits per heavy atom. The lowest BCUT2D eigenvalue weighted by Crippen LogP contribution is -2.37. The van der Waals surface area contributed by atoms with Gasteiger partial charge >= 0.3 is 6.09 Å². The topological polar surface area (TPSA) is 66.9 Å². The van der Waals surface area contributed by atoms with E-state index < -0.39 is 29.5 Å². The number of amides is 2. The second kappa shape index (κ2) is 9.66. The van der Waals surface area contributed by atoms with Crippen molar-refractivity contribution in [3.63, 3.8) is 0 Å². The van der Waals surface area contributed by atoms with E-state index in [1.165, 1.54) is 9.80 Å². The fraction of sp³-hybridized carbons (Fsp3) is 0.160. The lowest BCUT2D eigenvalue weighted by Gasteiger charge is -2.30. The van der Waals surface area contributed by atoms with E-state index in [0.717, 1.165) is 5.56 Å². The summed E-state index contributed by atoms with van der Waals surface area (Å²) in [4.78, 5) is 41.3. The zero-order chi connectivity index (χ0) is 22.5. The monoisotopic (exact) mass is 448 g/mol. The minimum atomic E-state index is -0.944. The molecule has 2 atom stereocenters. The quantitative estimate of drug-likeness (QED) is 0.514. The first-order valence-electron chi connectivity index (χ1n) is 10.1. The summed E-state index contributed by atoms with van der Waals surface area (Å²) in [5, 5.41) is -0.689. The average molecular weight is 449 g/mol. The molecule has 7 heteroatoms. The number of carbonyl (C=O) groups is 3. The van der Waals surface area contributed by atoms with Gasteiger partial charge in [-0.25, -0.2) is 4.79 Å². The minimum Gasteiger partial charge on any atom is -0.444 e. The number of rotatable bonds is 6. The van der Waals surface area contributed by atoms with Crippen LogP contribution in [-0.4, -0.2) is 33.6 Å². The van der Waals surface area contributed by atoms with E-state index in [4.69, 9.17) is 16.3 Å². The van der Waals surface area contributed by atoms with Crippen molar-refractivity contribution in [3.8, 4) is 0 Å². The van der Waals surface area contributed by atoms with Crippen molar-refractivity contribution < 1.29 is 19.1 Å². The second-order valence-electron chi connectivity index (χ2n) is 7.37. The number of carbonyl (C=O) groups excluding carboxylic acids is 3. The van der Waals surface area contributed by atoms with Gasteiger partial charge in [0.2, 0.25) is 5.24 Å². The van der Waals surface area contributed by atoms with Gasteiger partial charge in [0.1, 0.15) is 18.8 Å². The van der Waals surface area contributed by atoms with Gasteiger partial charge in [0.05, 0.1) is 6.54 Å². The molecule has 0 saturated carbocycles. The van der Waals surface area contributed by atoms with Gasteiger partial charge in [-0.2, -0.15) is 0 Å². The Morgan fingerprint density at radius 2 is 1.34 bits per heavy atom. The molecule has 3 aromatic carbocycles. The van der Waals surface area contributed by atoms with E-state index in [1.807, 2.05) is 54.6 Å². The van der Waals surface area contributed by atoms with Gasteiger partial charge in [0.25, 0.3) is 5.91 Å². The molecule has 0 N–H and O–H groups in total. The van der Waals surface area contributed by atoms with E-state index in [1.54, 1.807) is 36.4 Å². The van der Waals surface area contributed by atoms with Crippen molar-refractivity contribution in [2.45, 2.75) is 18.8 Å². The molecule has 1 fully saturated rings. The summed E-state index contributed by atoms with van der Waals surface area (Å²) in [6, 6.07) is 26.4. The molecular formula is C25H21ClN2O4. The first kappa shape index (κ1) is 21.6. The molecule has 2 unspecified atom stereocenters. The third kappa shape index (κ3) is 4.50. The molecule has 0 aromatic heterocycles. The van der Waals surface area contributed by atoms with Crippen LogP contribution in [0, 0.1) is 0 Å². The van der Waals surface area contributed by atoms with Gasteiger partial charge in [-0.15, -0.1) is 0 Å². The van der Waals surface area contributed by atoms with Gasteiger partial charge < -0.3 is 9.64 Å². The number of nitrogens with zero attached hydrogens (tertiary/aromatic N) is 2. The summed E-state index contributed by atoms with van der Waals surface area (Å²) < 4.78 is 5.61. The highest BCUT2D eigenvalue weighted by atomic mass is 35.5. The highest BCUT2D eigenvalue weighted by Crippen LogP contribution is 2.42. The first-order valence-corrected chi connectivity index (χ1v) is 10.5. The van der Waals surface area contributed by atoms with Crippen molar-refractivity contribution in [3.05, 3.63) is 108 Å². The predicted molar refractivity (Wildman–Crippen MR) is 119 cm³/mol. The Hall–Kier alpha value is -3.64. The van der Waals surface area contributed by atoms with Crippen LogP contribution in [0.3, 0.4) is 0 Å². The van der Waals surface area contributed by atoms with E-state index in [0.29, 0.717) is 11.1 Å². The largest absolute Gasteiger partial charge is 0.444 e. The lowest BCUT2D eigenvalue weighted by molar-refractivity contribution is -0.132. The van der Waals surface area contributed by atoms with Crippen LogP contribution >= 0.6 is 11.6 Å². The van der Waals surface area contributed by atoms with E-state index in [9.17, 15) is 14.4 Å². The van der Waals surface area contributed by atoms with Gasteiger partial charge in [-0.3, -0.25) is 14.5 Å². The molecular weight excluding hydrogens is 428 g/mol. The highest BCUT2D eigenvalue weighted by Gasteiger charge is 2.51. The Labute approximate surface area is 191 Å². The summed E-state index contributed by atoms with van der Waals surface area (Å²) >= 11 is 5.67. The minimum absolute atomic E-state index is 0.0574. The van der Waals surface area contributed by atoms with Crippen molar-refractivity contribution in [1.29, 1.82) is 0 Å². The molecule has 6 nitrogen and oxygen atoms in total. The summed E-state index contributed by atoms with van der Waals surface area (Å²) in [5.41, 5.74) is 2.13. The number of ether oxygens (including phenoxy) is 1. The van der Waals surface area contributed by atoms with Crippen LogP contribution in [0.5, 0.6) is 0 Å². The van der Waals surface area contributed by atoms with Crippen LogP contribution in [0.1, 0.15) is 28.9 Å². The second-order valence-corrected chi connectivity index (χ2v) is 7.79. The molecule has 1 saturated heterocycles. The fourth-order valence-corrected chi connectivity index (χ4v) is 4.02. The zero-order valence-electron chi connectivity index (χ0n) is 17.1. The molecule has 0 radical (unpaired) electrons. The number of hydrogen-bond acceptors (Lipinski definition) is 4. The standard InChI is InChI=1S/C25H21ClN2O4/c26-21(29)16-27-23(20-14-8-3-9-15-20)28(22(24(27)30)19-12-6-2-7-13-19)25(31)32-17-18-10-4-1-5-11-18/h1-15,22-23H,16-17H2. The Bertz CT molecular complexity index is 1090. The average Bonchev–Trinajstić information content (AvgIpc) is 3.11. The van der Waals surface area contributed by atoms with Crippen LogP contribution in [-0.2, 0) is 20.9 Å². The van der Waals surface area contributed by atoms with Crippen LogP contribution in [0.4, 0.5) is 4.79 Å². The van der Waals surface area contributed by atoms with Crippen LogP contribution in [0.15, 0.2) is 91.0 Å². The third-order valence-corrected chi connectivity index (χ3v) is 5.40. The molecule has 3 aromatic rings. The van der Waals surface area contributed by atoms with Gasteiger partial charge in [-0.1, -0.05) is 91.0 Å². The van der Waals surface area contributed by atoms with Crippen LogP contribution in [0.25, 0.3) is 0 Å². The van der Waals surface area contributed by atoms with E-state index in [2.05, 4.69) is 0 Å². The van der Waals surface area contributed by atoms with Crippen LogP contribution in [0.2, 0.25) is 0 Å². The molecule has 0 aliphatic carbocycles. The predicted octanol–water partition coefficient (Wildman–Crippen LogP) is 4.67. The number of benzene rings is 3. The Balaban J connectivity index is 1.74. The van der Waals surface area contributed by atoms with Crippen molar-refractivity contribution >= 4 is 28.8 Å².